The van der Waals surface area contributed by atoms with Gasteiger partial charge in [0.2, 0.25) is 0 Å². The molecule has 5 heteroatoms. The molecule has 94 valence electrons. The smallest absolute Gasteiger partial charge is 0.180 e. The van der Waals surface area contributed by atoms with E-state index in [9.17, 15) is 12.8 Å². The normalized spacial score (nSPS) is 17.5. The van der Waals surface area contributed by atoms with Crippen molar-refractivity contribution >= 4 is 15.5 Å². The summed E-state index contributed by atoms with van der Waals surface area (Å²) in [4.78, 5) is 0.0609. The highest BCUT2D eigenvalue weighted by Gasteiger charge is 2.25. The maximum atomic E-state index is 12.9. The molecule has 0 saturated heterocycles. The lowest BCUT2D eigenvalue weighted by molar-refractivity contribution is 0.559. The number of nitrogens with two attached hydrogens (primary N) is 1. The Kier molecular flexibility index (Phi) is 3.38. The largest absolute Gasteiger partial charge is 0.398 e. The van der Waals surface area contributed by atoms with E-state index in [0.29, 0.717) is 0 Å². The van der Waals surface area contributed by atoms with Crippen LogP contribution in [0.3, 0.4) is 0 Å². The summed E-state index contributed by atoms with van der Waals surface area (Å²) in [6, 6.07) is 3.45. The minimum absolute atomic E-state index is 0.00277. The predicted molar refractivity (Wildman–Crippen MR) is 64.8 cm³/mol. The van der Waals surface area contributed by atoms with Crippen LogP contribution in [0.5, 0.6) is 0 Å². The monoisotopic (exact) mass is 257 g/mol. The first-order valence-electron chi connectivity index (χ1n) is 5.77. The van der Waals surface area contributed by atoms with Gasteiger partial charge >= 0.3 is 0 Å². The second-order valence-electron chi connectivity index (χ2n) is 4.61. The molecule has 1 fully saturated rings. The zero-order valence-electron chi connectivity index (χ0n) is 9.52. The Morgan fingerprint density at radius 1 is 1.29 bits per heavy atom. The highest BCUT2D eigenvalue weighted by molar-refractivity contribution is 7.91. The van der Waals surface area contributed by atoms with E-state index in [0.717, 1.165) is 37.8 Å². The maximum absolute atomic E-state index is 12.9. The molecule has 17 heavy (non-hydrogen) atoms. The summed E-state index contributed by atoms with van der Waals surface area (Å²) >= 11 is 0. The van der Waals surface area contributed by atoms with Gasteiger partial charge in [0.1, 0.15) is 5.82 Å². The molecule has 0 radical (unpaired) electrons. The van der Waals surface area contributed by atoms with Crippen LogP contribution in [0, 0.1) is 11.7 Å². The molecule has 1 aliphatic rings. The van der Waals surface area contributed by atoms with Crippen LogP contribution in [0.2, 0.25) is 0 Å². The third-order valence-electron chi connectivity index (χ3n) is 3.24. The Morgan fingerprint density at radius 2 is 1.94 bits per heavy atom. The third kappa shape index (κ3) is 2.77. The van der Waals surface area contributed by atoms with Crippen molar-refractivity contribution in [1.82, 2.24) is 0 Å². The van der Waals surface area contributed by atoms with Gasteiger partial charge in [0.05, 0.1) is 16.3 Å². The first-order valence-corrected chi connectivity index (χ1v) is 7.42. The molecule has 0 unspecified atom stereocenters. The van der Waals surface area contributed by atoms with Crippen molar-refractivity contribution in [3.63, 3.8) is 0 Å². The molecule has 1 aromatic rings. The molecular weight excluding hydrogens is 241 g/mol. The number of hydrogen-bond acceptors (Lipinski definition) is 3. The fourth-order valence-electron chi connectivity index (χ4n) is 2.38. The number of hydrogen-bond donors (Lipinski definition) is 1. The Balaban J connectivity index is 2.24. The van der Waals surface area contributed by atoms with Crippen LogP contribution >= 0.6 is 0 Å². The zero-order valence-corrected chi connectivity index (χ0v) is 10.3. The lowest BCUT2D eigenvalue weighted by Crippen LogP contribution is -2.15. The molecule has 3 nitrogen and oxygen atoms in total. The number of nitrogen functional groups attached to an aromatic ring is 1. The van der Waals surface area contributed by atoms with Gasteiger partial charge in [0.15, 0.2) is 9.84 Å². The van der Waals surface area contributed by atoms with Crippen molar-refractivity contribution < 1.29 is 12.8 Å². The molecule has 1 saturated carbocycles. The van der Waals surface area contributed by atoms with Gasteiger partial charge < -0.3 is 5.73 Å². The van der Waals surface area contributed by atoms with Crippen LogP contribution in [-0.4, -0.2) is 14.2 Å². The fraction of sp³-hybridized carbons (Fsp3) is 0.500. The van der Waals surface area contributed by atoms with Gasteiger partial charge in [-0.1, -0.05) is 12.8 Å². The van der Waals surface area contributed by atoms with Gasteiger partial charge in [0.25, 0.3) is 0 Å². The van der Waals surface area contributed by atoms with Crippen molar-refractivity contribution in [3.05, 3.63) is 24.0 Å². The average molecular weight is 257 g/mol. The van der Waals surface area contributed by atoms with Crippen molar-refractivity contribution in [2.45, 2.75) is 30.6 Å². The van der Waals surface area contributed by atoms with Crippen molar-refractivity contribution in [3.8, 4) is 0 Å². The second kappa shape index (κ2) is 4.64. The number of rotatable bonds is 3. The predicted octanol–water partition coefficient (Wildman–Crippen LogP) is 2.37. The Bertz CT molecular complexity index is 507. The van der Waals surface area contributed by atoms with E-state index in [1.165, 1.54) is 6.07 Å². The van der Waals surface area contributed by atoms with Crippen LogP contribution in [0.15, 0.2) is 23.1 Å². The number of sulfone groups is 1. The first kappa shape index (κ1) is 12.4. The van der Waals surface area contributed by atoms with E-state index in [2.05, 4.69) is 0 Å². The number of halogens is 1. The Labute approximate surface area is 101 Å². The van der Waals surface area contributed by atoms with Crippen molar-refractivity contribution in [1.29, 1.82) is 0 Å². The molecule has 0 aliphatic heterocycles. The van der Waals surface area contributed by atoms with E-state index in [1.54, 1.807) is 0 Å². The van der Waals surface area contributed by atoms with Gasteiger partial charge in [-0.3, -0.25) is 0 Å². The Morgan fingerprint density at radius 3 is 2.53 bits per heavy atom. The quantitative estimate of drug-likeness (QED) is 0.668. The minimum Gasteiger partial charge on any atom is -0.398 e. The summed E-state index contributed by atoms with van der Waals surface area (Å²) in [6.45, 7) is 0. The summed E-state index contributed by atoms with van der Waals surface area (Å²) in [5.41, 5.74) is 5.57. The number of anilines is 1. The average Bonchev–Trinajstić information content (AvgIpc) is 2.68. The molecule has 2 rings (SSSR count). The standard InChI is InChI=1S/C12H16FNO2S/c13-10-5-6-12(11(14)7-10)17(15,16)8-9-3-1-2-4-9/h5-7,9H,1-4,8,14H2. The minimum atomic E-state index is -3.38. The van der Waals surface area contributed by atoms with Gasteiger partial charge in [-0.15, -0.1) is 0 Å². The van der Waals surface area contributed by atoms with Crippen LogP contribution in [-0.2, 0) is 9.84 Å². The van der Waals surface area contributed by atoms with E-state index in [4.69, 9.17) is 5.73 Å². The Hall–Kier alpha value is -1.10. The first-order chi connectivity index (χ1) is 7.99. The number of benzene rings is 1. The van der Waals surface area contributed by atoms with Crippen LogP contribution in [0.25, 0.3) is 0 Å². The summed E-state index contributed by atoms with van der Waals surface area (Å²) in [6.07, 6.45) is 4.11. The van der Waals surface area contributed by atoms with Crippen LogP contribution in [0.1, 0.15) is 25.7 Å². The topological polar surface area (TPSA) is 60.2 Å². The molecule has 0 atom stereocenters. The van der Waals surface area contributed by atoms with Crippen LogP contribution in [0.4, 0.5) is 10.1 Å². The maximum Gasteiger partial charge on any atom is 0.180 e. The molecule has 1 aromatic carbocycles. The lowest BCUT2D eigenvalue weighted by Gasteiger charge is -2.11. The SMILES string of the molecule is Nc1cc(F)ccc1S(=O)(=O)CC1CCCC1. The fourth-order valence-corrected chi connectivity index (χ4v) is 4.21. The molecule has 0 aromatic heterocycles. The second-order valence-corrected chi connectivity index (χ2v) is 6.62. The van der Waals surface area contributed by atoms with E-state index < -0.39 is 15.7 Å². The molecule has 0 spiro atoms. The summed E-state index contributed by atoms with van der Waals surface area (Å²) in [5.74, 6) is -0.158. The molecular formula is C12H16FNO2S. The van der Waals surface area contributed by atoms with Gasteiger partial charge in [-0.25, -0.2) is 12.8 Å². The van der Waals surface area contributed by atoms with Crippen molar-refractivity contribution in [2.24, 2.45) is 5.92 Å². The summed E-state index contributed by atoms with van der Waals surface area (Å²) < 4.78 is 37.1. The molecule has 0 amide bonds. The third-order valence-corrected chi connectivity index (χ3v) is 5.19. The van der Waals surface area contributed by atoms with E-state index in [-0.39, 0.29) is 22.3 Å². The molecule has 1 aliphatic carbocycles. The zero-order chi connectivity index (χ0) is 12.5. The highest BCUT2D eigenvalue weighted by atomic mass is 32.2. The molecule has 0 bridgehead atoms. The van der Waals surface area contributed by atoms with Gasteiger partial charge in [0, 0.05) is 0 Å². The van der Waals surface area contributed by atoms with E-state index in [1.807, 2.05) is 0 Å². The molecule has 2 N–H and O–H groups in total. The summed E-state index contributed by atoms with van der Waals surface area (Å²) in [5, 5.41) is 0. The van der Waals surface area contributed by atoms with Crippen LogP contribution < -0.4 is 5.73 Å². The van der Waals surface area contributed by atoms with Gasteiger partial charge in [-0.05, 0) is 37.0 Å². The highest BCUT2D eigenvalue weighted by Crippen LogP contribution is 2.29. The van der Waals surface area contributed by atoms with Crippen molar-refractivity contribution in [2.75, 3.05) is 11.5 Å². The van der Waals surface area contributed by atoms with Gasteiger partial charge in [-0.2, -0.15) is 0 Å². The summed E-state index contributed by atoms with van der Waals surface area (Å²) in [7, 11) is -3.38. The molecule has 0 heterocycles. The van der Waals surface area contributed by atoms with E-state index >= 15 is 0 Å². The lowest BCUT2D eigenvalue weighted by atomic mass is 10.1.